The van der Waals surface area contributed by atoms with E-state index in [0.29, 0.717) is 23.6 Å². The van der Waals surface area contributed by atoms with E-state index in [-0.39, 0.29) is 17.3 Å². The number of aliphatic hydroxyl groups excluding tert-OH is 1. The predicted octanol–water partition coefficient (Wildman–Crippen LogP) is 5.05. The second-order valence-electron chi connectivity index (χ2n) is 8.23. The van der Waals surface area contributed by atoms with Gasteiger partial charge >= 0.3 is 0 Å². The van der Waals surface area contributed by atoms with Crippen molar-refractivity contribution in [3.63, 3.8) is 0 Å². The van der Waals surface area contributed by atoms with Crippen molar-refractivity contribution >= 4 is 17.4 Å². The van der Waals surface area contributed by atoms with Crippen LogP contribution in [0.4, 0.5) is 0 Å². The highest BCUT2D eigenvalue weighted by Gasteiger charge is 2.45. The molecule has 6 nitrogen and oxygen atoms in total. The second kappa shape index (κ2) is 9.90. The number of amides is 1. The molecule has 6 heteroatoms. The highest BCUT2D eigenvalue weighted by Crippen LogP contribution is 2.40. The zero-order valence-corrected chi connectivity index (χ0v) is 19.3. The molecule has 1 amide bonds. The summed E-state index contributed by atoms with van der Waals surface area (Å²) < 4.78 is 10.7. The minimum Gasteiger partial charge on any atom is -0.507 e. The molecular formula is C26H31NO5. The molecule has 0 saturated carbocycles. The summed E-state index contributed by atoms with van der Waals surface area (Å²) in [7, 11) is 3.18. The van der Waals surface area contributed by atoms with Crippen LogP contribution in [-0.2, 0) is 9.59 Å². The molecule has 2 aromatic carbocycles. The van der Waals surface area contributed by atoms with E-state index in [1.54, 1.807) is 43.4 Å². The van der Waals surface area contributed by atoms with Crippen LogP contribution in [0.25, 0.3) is 5.76 Å². The number of carbonyl (C=O) groups excluding carboxylic acids is 2. The minimum atomic E-state index is -0.665. The van der Waals surface area contributed by atoms with E-state index in [2.05, 4.69) is 0 Å². The molecule has 1 aliphatic rings. The molecule has 1 aliphatic heterocycles. The molecule has 1 N–H and O–H groups in total. The molecule has 1 atom stereocenters. The monoisotopic (exact) mass is 437 g/mol. The van der Waals surface area contributed by atoms with E-state index >= 15 is 0 Å². The van der Waals surface area contributed by atoms with E-state index < -0.39 is 17.7 Å². The third kappa shape index (κ3) is 4.35. The van der Waals surface area contributed by atoms with Crippen LogP contribution in [0.2, 0.25) is 0 Å². The van der Waals surface area contributed by atoms with Gasteiger partial charge in [-0.3, -0.25) is 9.59 Å². The Morgan fingerprint density at radius 3 is 2.31 bits per heavy atom. The van der Waals surface area contributed by atoms with Crippen LogP contribution in [0, 0.1) is 0 Å². The number of ketones is 1. The Bertz CT molecular complexity index is 1020. The maximum absolute atomic E-state index is 13.1. The van der Waals surface area contributed by atoms with E-state index in [9.17, 15) is 14.7 Å². The fourth-order valence-corrected chi connectivity index (χ4v) is 4.06. The summed E-state index contributed by atoms with van der Waals surface area (Å²) in [6.45, 7) is 6.53. The quantitative estimate of drug-likeness (QED) is 0.355. The molecule has 1 heterocycles. The maximum atomic E-state index is 13.1. The maximum Gasteiger partial charge on any atom is 0.295 e. The van der Waals surface area contributed by atoms with Gasteiger partial charge in [0.05, 0.1) is 25.8 Å². The van der Waals surface area contributed by atoms with Gasteiger partial charge in [0.25, 0.3) is 11.7 Å². The van der Waals surface area contributed by atoms with Gasteiger partial charge in [0.15, 0.2) is 0 Å². The summed E-state index contributed by atoms with van der Waals surface area (Å²) in [5, 5.41) is 11.3. The Hall–Kier alpha value is -3.28. The number of hydrogen-bond donors (Lipinski definition) is 1. The molecule has 32 heavy (non-hydrogen) atoms. The fourth-order valence-electron chi connectivity index (χ4n) is 4.06. The number of likely N-dealkylation sites (tertiary alicyclic amines) is 1. The molecule has 0 aromatic heterocycles. The number of aliphatic hydroxyl groups is 1. The van der Waals surface area contributed by atoms with Gasteiger partial charge in [0.2, 0.25) is 0 Å². The van der Waals surface area contributed by atoms with E-state index in [0.717, 1.165) is 24.0 Å². The van der Waals surface area contributed by atoms with Crippen LogP contribution in [-0.4, -0.2) is 42.5 Å². The molecule has 0 radical (unpaired) electrons. The summed E-state index contributed by atoms with van der Waals surface area (Å²) in [5.74, 6) is 0.122. The first-order chi connectivity index (χ1) is 15.3. The Morgan fingerprint density at radius 2 is 1.75 bits per heavy atom. The summed E-state index contributed by atoms with van der Waals surface area (Å²) in [6.07, 6.45) is 1.65. The first-order valence-corrected chi connectivity index (χ1v) is 10.9. The first-order valence-electron chi connectivity index (χ1n) is 10.9. The molecule has 0 aliphatic carbocycles. The molecule has 0 spiro atoms. The number of methoxy groups -OCH3 is 2. The lowest BCUT2D eigenvalue weighted by Gasteiger charge is -2.25. The molecule has 170 valence electrons. The summed E-state index contributed by atoms with van der Waals surface area (Å²) in [4.78, 5) is 27.6. The molecule has 1 unspecified atom stereocenters. The van der Waals surface area contributed by atoms with Gasteiger partial charge < -0.3 is 19.5 Å². The van der Waals surface area contributed by atoms with Crippen molar-refractivity contribution in [1.29, 1.82) is 0 Å². The highest BCUT2D eigenvalue weighted by atomic mass is 16.5. The van der Waals surface area contributed by atoms with Gasteiger partial charge in [-0.1, -0.05) is 39.3 Å². The number of benzene rings is 2. The summed E-state index contributed by atoms with van der Waals surface area (Å²) in [6, 6.07) is 11.9. The lowest BCUT2D eigenvalue weighted by Crippen LogP contribution is -2.30. The zero-order chi connectivity index (χ0) is 23.4. The van der Waals surface area contributed by atoms with Crippen LogP contribution in [0.3, 0.4) is 0 Å². The van der Waals surface area contributed by atoms with Gasteiger partial charge in [0, 0.05) is 12.1 Å². The Balaban J connectivity index is 2.17. The Morgan fingerprint density at radius 1 is 1.06 bits per heavy atom. The number of ether oxygens (including phenoxy) is 2. The topological polar surface area (TPSA) is 76.1 Å². The lowest BCUT2D eigenvalue weighted by atomic mass is 9.93. The minimum absolute atomic E-state index is 0.108. The highest BCUT2D eigenvalue weighted by molar-refractivity contribution is 6.46. The van der Waals surface area contributed by atoms with Crippen LogP contribution in [0.15, 0.2) is 48.0 Å². The number of nitrogens with zero attached hydrogens (tertiary/aromatic N) is 1. The number of unbranched alkanes of at least 4 members (excludes halogenated alkanes) is 1. The number of carbonyl (C=O) groups is 2. The number of Topliss-reactive ketones (excluding diaryl/α,β-unsaturated/α-hetero) is 1. The Labute approximate surface area is 189 Å². The van der Waals surface area contributed by atoms with Crippen LogP contribution >= 0.6 is 0 Å². The average molecular weight is 438 g/mol. The number of rotatable bonds is 8. The smallest absolute Gasteiger partial charge is 0.295 e. The lowest BCUT2D eigenvalue weighted by molar-refractivity contribution is -0.139. The van der Waals surface area contributed by atoms with Crippen molar-refractivity contribution in [3.8, 4) is 11.5 Å². The second-order valence-corrected chi connectivity index (χ2v) is 8.23. The molecule has 1 saturated heterocycles. The van der Waals surface area contributed by atoms with Crippen LogP contribution in [0.5, 0.6) is 11.5 Å². The van der Waals surface area contributed by atoms with Gasteiger partial charge in [-0.05, 0) is 53.8 Å². The molecule has 3 rings (SSSR count). The molecule has 0 bridgehead atoms. The Kier molecular flexibility index (Phi) is 7.23. The van der Waals surface area contributed by atoms with Crippen molar-refractivity contribution in [1.82, 2.24) is 4.90 Å². The average Bonchev–Trinajstić information content (AvgIpc) is 3.06. The predicted molar refractivity (Wildman–Crippen MR) is 124 cm³/mol. The van der Waals surface area contributed by atoms with Gasteiger partial charge in [-0.2, -0.15) is 0 Å². The van der Waals surface area contributed by atoms with Crippen molar-refractivity contribution in [2.24, 2.45) is 0 Å². The normalized spacial score (nSPS) is 17.8. The van der Waals surface area contributed by atoms with Gasteiger partial charge in [0.1, 0.15) is 17.3 Å². The van der Waals surface area contributed by atoms with Crippen molar-refractivity contribution < 1.29 is 24.2 Å². The van der Waals surface area contributed by atoms with Crippen molar-refractivity contribution in [2.45, 2.75) is 45.6 Å². The third-order valence-electron chi connectivity index (χ3n) is 5.85. The fraction of sp³-hybridized carbons (Fsp3) is 0.385. The molecule has 1 fully saturated rings. The van der Waals surface area contributed by atoms with Crippen LogP contribution < -0.4 is 9.47 Å². The van der Waals surface area contributed by atoms with Crippen molar-refractivity contribution in [2.75, 3.05) is 20.8 Å². The largest absolute Gasteiger partial charge is 0.507 e. The number of hydrogen-bond acceptors (Lipinski definition) is 5. The third-order valence-corrected chi connectivity index (χ3v) is 5.85. The van der Waals surface area contributed by atoms with E-state index in [1.807, 2.05) is 39.0 Å². The SMILES string of the molecule is CCCCN1C(=O)C(=O)/C(=C(\O)c2ccc(OC)c(C(C)C)c2)C1c1ccc(OC)cc1. The zero-order valence-electron chi connectivity index (χ0n) is 19.3. The molecular weight excluding hydrogens is 406 g/mol. The standard InChI is InChI=1S/C26H31NO5/c1-6-7-14-27-23(17-8-11-19(31-4)12-9-17)22(25(29)26(27)30)24(28)18-10-13-21(32-5)20(15-18)16(2)3/h8-13,15-16,23,28H,6-7,14H2,1-5H3/b24-22-. The van der Waals surface area contributed by atoms with E-state index in [4.69, 9.17) is 9.47 Å². The first kappa shape index (κ1) is 23.4. The molecule has 2 aromatic rings. The summed E-state index contributed by atoms with van der Waals surface area (Å²) >= 11 is 0. The van der Waals surface area contributed by atoms with Crippen molar-refractivity contribution in [3.05, 3.63) is 64.7 Å². The van der Waals surface area contributed by atoms with Gasteiger partial charge in [-0.25, -0.2) is 0 Å². The summed E-state index contributed by atoms with van der Waals surface area (Å²) in [5.41, 5.74) is 2.26. The van der Waals surface area contributed by atoms with Crippen LogP contribution in [0.1, 0.15) is 62.3 Å². The van der Waals surface area contributed by atoms with E-state index in [1.165, 1.54) is 0 Å². The van der Waals surface area contributed by atoms with Gasteiger partial charge in [-0.15, -0.1) is 0 Å².